The van der Waals surface area contributed by atoms with Crippen LogP contribution in [0, 0.1) is 11.7 Å². The van der Waals surface area contributed by atoms with Crippen molar-refractivity contribution in [2.75, 3.05) is 25.0 Å². The number of anilines is 1. The summed E-state index contributed by atoms with van der Waals surface area (Å²) in [5, 5.41) is 14.8. The summed E-state index contributed by atoms with van der Waals surface area (Å²) in [6, 6.07) is 6.69. The molecular weight excluding hydrogens is 462 g/mol. The zero-order valence-electron chi connectivity index (χ0n) is 19.7. The lowest BCUT2D eigenvalue weighted by Crippen LogP contribution is -2.57. The Bertz CT molecular complexity index is 1030. The second kappa shape index (κ2) is 8.97. The summed E-state index contributed by atoms with van der Waals surface area (Å²) in [4.78, 5) is 10.9. The number of alkyl halides is 3. The third kappa shape index (κ3) is 4.40. The Hall–Kier alpha value is -2.30. The molecule has 190 valence electrons. The molecule has 2 saturated carbocycles. The number of aromatic nitrogens is 2. The van der Waals surface area contributed by atoms with Gasteiger partial charge in [-0.2, -0.15) is 13.2 Å². The van der Waals surface area contributed by atoms with Crippen LogP contribution in [0.25, 0.3) is 0 Å². The van der Waals surface area contributed by atoms with Crippen LogP contribution in [0.4, 0.5) is 23.2 Å². The van der Waals surface area contributed by atoms with Crippen LogP contribution in [0.15, 0.2) is 36.7 Å². The fourth-order valence-corrected chi connectivity index (χ4v) is 6.04. The molecule has 2 aromatic rings. The Morgan fingerprint density at radius 1 is 1.11 bits per heavy atom. The second-order valence-electron chi connectivity index (χ2n) is 10.3. The van der Waals surface area contributed by atoms with Crippen LogP contribution < -0.4 is 10.2 Å². The van der Waals surface area contributed by atoms with Crippen molar-refractivity contribution in [2.24, 2.45) is 5.92 Å². The van der Waals surface area contributed by atoms with Gasteiger partial charge in [-0.15, -0.1) is 0 Å². The van der Waals surface area contributed by atoms with Gasteiger partial charge in [-0.25, -0.2) is 14.4 Å². The maximum atomic E-state index is 14.0. The molecule has 6 nitrogen and oxygen atoms in total. The zero-order chi connectivity index (χ0) is 24.8. The van der Waals surface area contributed by atoms with E-state index in [1.54, 1.807) is 17.0 Å². The van der Waals surface area contributed by atoms with E-state index in [9.17, 15) is 22.7 Å². The van der Waals surface area contributed by atoms with Crippen LogP contribution in [-0.2, 0) is 11.7 Å². The number of hydrogen-bond donors (Lipinski definition) is 2. The van der Waals surface area contributed by atoms with E-state index < -0.39 is 18.4 Å². The zero-order valence-corrected chi connectivity index (χ0v) is 19.7. The summed E-state index contributed by atoms with van der Waals surface area (Å²) in [5.41, 5.74) is 0.569. The SMILES string of the molecule is CN[C@]1(c2cccc(F)c2)CC[C@]2(CC1)CN(c1cnc(C(F)(F)F)nc1)C(O)N2CC1CCC1. The van der Waals surface area contributed by atoms with Gasteiger partial charge in [0.1, 0.15) is 5.82 Å². The molecule has 2 aliphatic carbocycles. The van der Waals surface area contributed by atoms with Crippen molar-refractivity contribution in [1.82, 2.24) is 20.2 Å². The third-order valence-corrected chi connectivity index (χ3v) is 8.42. The quantitative estimate of drug-likeness (QED) is 0.607. The molecule has 1 aromatic carbocycles. The Morgan fingerprint density at radius 3 is 2.34 bits per heavy atom. The molecule has 1 atom stereocenters. The lowest BCUT2D eigenvalue weighted by atomic mass is 9.68. The van der Waals surface area contributed by atoms with Crippen LogP contribution in [0.2, 0.25) is 0 Å². The summed E-state index contributed by atoms with van der Waals surface area (Å²) >= 11 is 0. The molecule has 35 heavy (non-hydrogen) atoms. The van der Waals surface area contributed by atoms with Gasteiger partial charge in [-0.1, -0.05) is 18.6 Å². The van der Waals surface area contributed by atoms with Gasteiger partial charge in [0.2, 0.25) is 5.82 Å². The van der Waals surface area contributed by atoms with Gasteiger partial charge >= 0.3 is 6.18 Å². The molecule has 3 aliphatic rings. The molecular formula is C25H31F4N5O. The Kier molecular flexibility index (Phi) is 6.26. The highest BCUT2D eigenvalue weighted by Crippen LogP contribution is 2.49. The van der Waals surface area contributed by atoms with Gasteiger partial charge in [0.25, 0.3) is 0 Å². The summed E-state index contributed by atoms with van der Waals surface area (Å²) in [7, 11) is 1.89. The molecule has 1 aliphatic heterocycles. The van der Waals surface area contributed by atoms with Gasteiger partial charge in [0, 0.05) is 24.2 Å². The largest absolute Gasteiger partial charge is 0.451 e. The number of nitrogens with one attached hydrogen (secondary N) is 1. The van der Waals surface area contributed by atoms with Crippen molar-refractivity contribution >= 4 is 5.69 Å². The van der Waals surface area contributed by atoms with E-state index in [0.29, 0.717) is 18.2 Å². The van der Waals surface area contributed by atoms with Crippen LogP contribution in [0.1, 0.15) is 56.3 Å². The van der Waals surface area contributed by atoms with Crippen LogP contribution in [0.3, 0.4) is 0 Å². The van der Waals surface area contributed by atoms with Gasteiger partial charge in [0.15, 0.2) is 6.35 Å². The summed E-state index contributed by atoms with van der Waals surface area (Å²) in [6.45, 7) is 1.21. The van der Waals surface area contributed by atoms with Crippen molar-refractivity contribution in [2.45, 2.75) is 68.6 Å². The topological polar surface area (TPSA) is 64.5 Å². The normalized spacial score (nSPS) is 30.1. The highest BCUT2D eigenvalue weighted by Gasteiger charge is 2.54. The third-order valence-electron chi connectivity index (χ3n) is 8.42. The van der Waals surface area contributed by atoms with E-state index in [2.05, 4.69) is 20.2 Å². The number of benzene rings is 1. The monoisotopic (exact) mass is 493 g/mol. The number of aliphatic hydroxyl groups is 1. The fourth-order valence-electron chi connectivity index (χ4n) is 6.04. The molecule has 3 fully saturated rings. The molecule has 2 heterocycles. The number of aliphatic hydroxyl groups excluding tert-OH is 1. The van der Waals surface area contributed by atoms with Gasteiger partial charge in [-0.3, -0.25) is 4.90 Å². The van der Waals surface area contributed by atoms with Crippen molar-refractivity contribution in [3.63, 3.8) is 0 Å². The van der Waals surface area contributed by atoms with E-state index >= 15 is 0 Å². The molecule has 0 amide bonds. The first-order valence-corrected chi connectivity index (χ1v) is 12.2. The Morgan fingerprint density at radius 2 is 1.80 bits per heavy atom. The Balaban J connectivity index is 1.41. The first-order chi connectivity index (χ1) is 16.7. The van der Waals surface area contributed by atoms with Crippen molar-refractivity contribution in [1.29, 1.82) is 0 Å². The average molecular weight is 494 g/mol. The predicted octanol–water partition coefficient (Wildman–Crippen LogP) is 4.26. The first kappa shape index (κ1) is 24.4. The molecule has 1 unspecified atom stereocenters. The van der Waals surface area contributed by atoms with E-state index in [1.807, 2.05) is 13.1 Å². The van der Waals surface area contributed by atoms with E-state index in [1.165, 1.54) is 12.5 Å². The minimum Gasteiger partial charge on any atom is -0.361 e. The highest BCUT2D eigenvalue weighted by atomic mass is 19.4. The molecule has 1 spiro atoms. The number of hydrogen-bond acceptors (Lipinski definition) is 6. The van der Waals surface area contributed by atoms with Crippen LogP contribution in [0.5, 0.6) is 0 Å². The summed E-state index contributed by atoms with van der Waals surface area (Å²) in [5.74, 6) is -0.958. The molecule has 10 heteroatoms. The maximum absolute atomic E-state index is 14.0. The van der Waals surface area contributed by atoms with Gasteiger partial charge in [0.05, 0.1) is 18.1 Å². The van der Waals surface area contributed by atoms with Crippen LogP contribution >= 0.6 is 0 Å². The van der Waals surface area contributed by atoms with E-state index in [0.717, 1.165) is 63.0 Å². The molecule has 5 rings (SSSR count). The van der Waals surface area contributed by atoms with Crippen molar-refractivity contribution < 1.29 is 22.7 Å². The minimum atomic E-state index is -4.61. The number of rotatable bonds is 5. The Labute approximate surface area is 202 Å². The second-order valence-corrected chi connectivity index (χ2v) is 10.3. The lowest BCUT2D eigenvalue weighted by Gasteiger charge is -2.49. The number of halogens is 4. The number of nitrogens with zero attached hydrogens (tertiary/aromatic N) is 4. The smallest absolute Gasteiger partial charge is 0.361 e. The summed E-state index contributed by atoms with van der Waals surface area (Å²) in [6.07, 6.45) is 3.14. The van der Waals surface area contributed by atoms with Crippen molar-refractivity contribution in [3.8, 4) is 0 Å². The summed E-state index contributed by atoms with van der Waals surface area (Å²) < 4.78 is 52.9. The van der Waals surface area contributed by atoms with Gasteiger partial charge < -0.3 is 15.3 Å². The molecule has 1 saturated heterocycles. The standard InChI is InChI=1S/C25H31F4N5O/c1-30-24(18-6-3-7-19(26)12-18)10-8-23(9-11-24)16-33(22(35)34(23)15-17-4-2-5-17)20-13-31-21(32-14-20)25(27,28)29/h3,6-7,12-14,17,22,30,35H,2,4-5,8-11,15-16H2,1H3/t22?,23-,24+. The molecule has 2 N–H and O–H groups in total. The van der Waals surface area contributed by atoms with Gasteiger partial charge in [-0.05, 0) is 69.2 Å². The fraction of sp³-hybridized carbons (Fsp3) is 0.600. The van der Waals surface area contributed by atoms with Crippen LogP contribution in [-0.4, -0.2) is 52.0 Å². The molecule has 0 bridgehead atoms. The molecule has 1 aromatic heterocycles. The minimum absolute atomic E-state index is 0.270. The van der Waals surface area contributed by atoms with Crippen molar-refractivity contribution in [3.05, 3.63) is 53.9 Å². The molecule has 0 radical (unpaired) electrons. The predicted molar refractivity (Wildman–Crippen MR) is 123 cm³/mol. The van der Waals surface area contributed by atoms with E-state index in [4.69, 9.17) is 0 Å². The maximum Gasteiger partial charge on any atom is 0.451 e. The average Bonchev–Trinajstić information content (AvgIpc) is 3.08. The highest BCUT2D eigenvalue weighted by molar-refractivity contribution is 5.45. The lowest BCUT2D eigenvalue weighted by molar-refractivity contribution is -0.145. The van der Waals surface area contributed by atoms with E-state index in [-0.39, 0.29) is 16.9 Å². The first-order valence-electron chi connectivity index (χ1n) is 12.2.